The van der Waals surface area contributed by atoms with Gasteiger partial charge in [0.1, 0.15) is 12.3 Å². The fraction of sp³-hybridized carbons (Fsp3) is 0.650. The topological polar surface area (TPSA) is 128 Å². The largest absolute Gasteiger partial charge is 0.411 e. The highest BCUT2D eigenvalue weighted by Crippen LogP contribution is 2.41. The highest BCUT2D eigenvalue weighted by Gasteiger charge is 2.45. The van der Waals surface area contributed by atoms with E-state index in [1.165, 1.54) is 6.33 Å². The molecule has 11 heteroatoms. The smallest absolute Gasteiger partial charge is 0.280 e. The fourth-order valence-corrected chi connectivity index (χ4v) is 4.42. The zero-order valence-corrected chi connectivity index (χ0v) is 20.1. The predicted molar refractivity (Wildman–Crippen MR) is 118 cm³/mol. The van der Waals surface area contributed by atoms with Crippen molar-refractivity contribution in [1.29, 1.82) is 0 Å². The van der Waals surface area contributed by atoms with Gasteiger partial charge in [-0.05, 0) is 18.1 Å². The van der Waals surface area contributed by atoms with E-state index in [-0.39, 0.29) is 34.0 Å². The minimum atomic E-state index is -2.13. The molecular weight excluding hydrogens is 418 g/mol. The minimum absolute atomic E-state index is 0.0153. The third-order valence-electron chi connectivity index (χ3n) is 6.01. The average Bonchev–Trinajstić information content (AvgIpc) is 3.24. The highest BCUT2D eigenvalue weighted by molar-refractivity contribution is 6.74. The molecule has 1 fully saturated rings. The van der Waals surface area contributed by atoms with Gasteiger partial charge in [-0.15, -0.1) is 0 Å². The summed E-state index contributed by atoms with van der Waals surface area (Å²) in [4.78, 5) is 47.2. The van der Waals surface area contributed by atoms with Crippen LogP contribution in [0, 0.1) is 5.92 Å². The standard InChI is InChI=1S/C20H31N5O5Si/c1-11(2)17(27)23-19-22-16-15(18(28)24-19)21-10-25(16)14-8-12(13(9-26)29-14)30-31(6,7)20(3,4)5/h9-14H,8H2,1-7H3,(H2,22,23,24,27,28)/t12-,13+,14+/m0/s1. The second-order valence-electron chi connectivity index (χ2n) is 9.73. The number of hydrogen-bond acceptors (Lipinski definition) is 7. The molecular formula is C20H31N5O5Si. The number of hydrogen-bond donors (Lipinski definition) is 2. The molecule has 0 radical (unpaired) electrons. The Morgan fingerprint density at radius 2 is 2.10 bits per heavy atom. The molecule has 3 heterocycles. The van der Waals surface area contributed by atoms with Crippen LogP contribution in [0.25, 0.3) is 11.2 Å². The molecule has 2 aromatic rings. The highest BCUT2D eigenvalue weighted by atomic mass is 28.4. The Labute approximate surface area is 181 Å². The van der Waals surface area contributed by atoms with E-state index in [0.717, 1.165) is 6.29 Å². The Bertz CT molecular complexity index is 1040. The van der Waals surface area contributed by atoms with Gasteiger partial charge in [0, 0.05) is 12.3 Å². The number of nitrogens with zero attached hydrogens (tertiary/aromatic N) is 3. The Balaban J connectivity index is 1.91. The van der Waals surface area contributed by atoms with E-state index in [4.69, 9.17) is 9.16 Å². The number of amides is 1. The maximum absolute atomic E-state index is 12.4. The summed E-state index contributed by atoms with van der Waals surface area (Å²) in [5.74, 6) is -0.503. The molecule has 1 amide bonds. The summed E-state index contributed by atoms with van der Waals surface area (Å²) in [5, 5.41) is 2.58. The maximum Gasteiger partial charge on any atom is 0.280 e. The van der Waals surface area contributed by atoms with Gasteiger partial charge in [-0.25, -0.2) is 4.98 Å². The summed E-state index contributed by atoms with van der Waals surface area (Å²) < 4.78 is 14.0. The van der Waals surface area contributed by atoms with Crippen molar-refractivity contribution in [3.63, 3.8) is 0 Å². The maximum atomic E-state index is 12.4. The average molecular weight is 450 g/mol. The molecule has 1 aliphatic heterocycles. The zero-order chi connectivity index (χ0) is 23.1. The van der Waals surface area contributed by atoms with Crippen LogP contribution in [0.15, 0.2) is 11.1 Å². The molecule has 10 nitrogen and oxygen atoms in total. The zero-order valence-electron chi connectivity index (χ0n) is 19.1. The summed E-state index contributed by atoms with van der Waals surface area (Å²) in [6.07, 6.45) is 0.941. The molecule has 1 saturated heterocycles. The predicted octanol–water partition coefficient (Wildman–Crippen LogP) is 2.59. The summed E-state index contributed by atoms with van der Waals surface area (Å²) in [7, 11) is -2.13. The molecule has 0 aromatic carbocycles. The van der Waals surface area contributed by atoms with Gasteiger partial charge in [0.2, 0.25) is 11.9 Å². The second kappa shape index (κ2) is 8.28. The van der Waals surface area contributed by atoms with Gasteiger partial charge in [-0.2, -0.15) is 4.98 Å². The SMILES string of the molecule is CC(C)C(=O)Nc1nc2c(ncn2[C@H]2C[C@H](O[Si](C)(C)C(C)(C)C)[C@@H](C=O)O2)c(=O)[nH]1. The van der Waals surface area contributed by atoms with Crippen LogP contribution >= 0.6 is 0 Å². The monoisotopic (exact) mass is 449 g/mol. The van der Waals surface area contributed by atoms with E-state index >= 15 is 0 Å². The van der Waals surface area contributed by atoms with E-state index in [1.54, 1.807) is 18.4 Å². The van der Waals surface area contributed by atoms with Gasteiger partial charge >= 0.3 is 0 Å². The number of aldehydes is 1. The van der Waals surface area contributed by atoms with Gasteiger partial charge in [0.05, 0.1) is 12.4 Å². The minimum Gasteiger partial charge on any atom is -0.411 e. The first kappa shape index (κ1) is 23.3. The molecule has 0 saturated carbocycles. The molecule has 1 aliphatic rings. The molecule has 3 rings (SSSR count). The Morgan fingerprint density at radius 3 is 2.68 bits per heavy atom. The van der Waals surface area contributed by atoms with Crippen LogP contribution in [-0.2, 0) is 18.8 Å². The number of H-pyrrole nitrogens is 1. The first-order valence-electron chi connectivity index (χ1n) is 10.4. The molecule has 31 heavy (non-hydrogen) atoms. The number of carbonyl (C=O) groups excluding carboxylic acids is 2. The normalized spacial score (nSPS) is 22.3. The van der Waals surface area contributed by atoms with Gasteiger partial charge in [-0.3, -0.25) is 24.5 Å². The molecule has 0 aliphatic carbocycles. The summed E-state index contributed by atoms with van der Waals surface area (Å²) in [6, 6.07) is 0. The molecule has 3 atom stereocenters. The molecule has 0 spiro atoms. The van der Waals surface area contributed by atoms with Crippen molar-refractivity contribution in [2.75, 3.05) is 5.32 Å². The number of aromatic amines is 1. The van der Waals surface area contributed by atoms with Crippen molar-refractivity contribution in [1.82, 2.24) is 19.5 Å². The van der Waals surface area contributed by atoms with Gasteiger partial charge < -0.3 is 14.0 Å². The lowest BCUT2D eigenvalue weighted by atomic mass is 10.2. The van der Waals surface area contributed by atoms with E-state index in [0.29, 0.717) is 6.42 Å². The quantitative estimate of drug-likeness (QED) is 0.512. The number of imidazole rings is 1. The third kappa shape index (κ3) is 4.63. The van der Waals surface area contributed by atoms with Gasteiger partial charge in [0.25, 0.3) is 5.56 Å². The first-order chi connectivity index (χ1) is 14.3. The van der Waals surface area contributed by atoms with Crippen LogP contribution in [0.2, 0.25) is 18.1 Å². The number of aromatic nitrogens is 4. The molecule has 2 aromatic heterocycles. The number of fused-ring (bicyclic) bond motifs is 1. The van der Waals surface area contributed by atoms with Gasteiger partial charge in [0.15, 0.2) is 25.8 Å². The molecule has 0 unspecified atom stereocenters. The van der Waals surface area contributed by atoms with E-state index in [2.05, 4.69) is 54.1 Å². The third-order valence-corrected chi connectivity index (χ3v) is 10.5. The summed E-state index contributed by atoms with van der Waals surface area (Å²) >= 11 is 0. The molecule has 2 N–H and O–H groups in total. The van der Waals surface area contributed by atoms with Crippen LogP contribution < -0.4 is 10.9 Å². The lowest BCUT2D eigenvalue weighted by Gasteiger charge is -2.38. The van der Waals surface area contributed by atoms with Crippen molar-refractivity contribution < 1.29 is 18.8 Å². The van der Waals surface area contributed by atoms with Crippen molar-refractivity contribution in [2.24, 2.45) is 5.92 Å². The van der Waals surface area contributed by atoms with Crippen molar-refractivity contribution in [2.45, 2.75) is 77.6 Å². The summed E-state index contributed by atoms with van der Waals surface area (Å²) in [5.41, 5.74) is -0.0743. The number of ether oxygens (including phenoxy) is 1. The second-order valence-corrected chi connectivity index (χ2v) is 14.5. The van der Waals surface area contributed by atoms with Crippen molar-refractivity contribution in [3.05, 3.63) is 16.7 Å². The van der Waals surface area contributed by atoms with Crippen LogP contribution in [0.3, 0.4) is 0 Å². The number of nitrogens with one attached hydrogen (secondary N) is 2. The Kier molecular flexibility index (Phi) is 6.22. The Hall–Kier alpha value is -2.37. The molecule has 0 bridgehead atoms. The fourth-order valence-electron chi connectivity index (χ4n) is 3.08. The first-order valence-corrected chi connectivity index (χ1v) is 13.3. The lowest BCUT2D eigenvalue weighted by Crippen LogP contribution is -2.46. The van der Waals surface area contributed by atoms with E-state index in [9.17, 15) is 14.4 Å². The van der Waals surface area contributed by atoms with Crippen LogP contribution in [0.1, 0.15) is 47.3 Å². The Morgan fingerprint density at radius 1 is 1.42 bits per heavy atom. The molecule has 170 valence electrons. The van der Waals surface area contributed by atoms with Crippen LogP contribution in [-0.4, -0.2) is 52.2 Å². The number of carbonyl (C=O) groups is 2. The lowest BCUT2D eigenvalue weighted by molar-refractivity contribution is -0.122. The van der Waals surface area contributed by atoms with E-state index in [1.807, 2.05) is 0 Å². The van der Waals surface area contributed by atoms with Crippen LogP contribution in [0.4, 0.5) is 5.95 Å². The van der Waals surface area contributed by atoms with E-state index < -0.39 is 32.3 Å². The van der Waals surface area contributed by atoms with Crippen molar-refractivity contribution in [3.8, 4) is 0 Å². The number of rotatable bonds is 6. The van der Waals surface area contributed by atoms with Gasteiger partial charge in [-0.1, -0.05) is 34.6 Å². The number of anilines is 1. The van der Waals surface area contributed by atoms with Crippen LogP contribution in [0.5, 0.6) is 0 Å². The summed E-state index contributed by atoms with van der Waals surface area (Å²) in [6.45, 7) is 14.1. The van der Waals surface area contributed by atoms with Crippen molar-refractivity contribution >= 4 is 37.6 Å².